The van der Waals surface area contributed by atoms with Crippen LogP contribution in [-0.4, -0.2) is 55.1 Å². The normalized spacial score (nSPS) is 23.6. The van der Waals surface area contributed by atoms with E-state index in [1.165, 1.54) is 18.7 Å². The smallest absolute Gasteiger partial charge is 0.0464 e. The van der Waals surface area contributed by atoms with Gasteiger partial charge in [0.2, 0.25) is 0 Å². The number of hydrogen-bond donors (Lipinski definition) is 1. The summed E-state index contributed by atoms with van der Waals surface area (Å²) in [5, 5.41) is 4.27. The third-order valence-electron chi connectivity index (χ3n) is 4.52. The molecule has 2 aliphatic heterocycles. The Bertz CT molecular complexity index is 470. The summed E-state index contributed by atoms with van der Waals surface area (Å²) < 4.78 is 1.04. The number of piperazine rings is 1. The minimum Gasteiger partial charge on any atom is -0.314 e. The van der Waals surface area contributed by atoms with Crippen molar-refractivity contribution in [3.05, 3.63) is 33.3 Å². The maximum absolute atomic E-state index is 6.36. The lowest BCUT2D eigenvalue weighted by atomic mass is 9.99. The van der Waals surface area contributed by atoms with E-state index < -0.39 is 0 Å². The second kappa shape index (κ2) is 6.32. The maximum Gasteiger partial charge on any atom is 0.0464 e. The Balaban J connectivity index is 1.58. The number of nitrogens with zero attached hydrogens (tertiary/aromatic N) is 2. The van der Waals surface area contributed by atoms with Crippen molar-refractivity contribution in [1.29, 1.82) is 0 Å². The molecule has 20 heavy (non-hydrogen) atoms. The SMILES string of the molecule is CC(c1ccc(Br)cc1Cl)N1CC(N2CCNCC2)C1. The van der Waals surface area contributed by atoms with Crippen LogP contribution in [0.15, 0.2) is 22.7 Å². The summed E-state index contributed by atoms with van der Waals surface area (Å²) >= 11 is 9.82. The van der Waals surface area contributed by atoms with Crippen molar-refractivity contribution < 1.29 is 0 Å². The first-order valence-electron chi connectivity index (χ1n) is 7.29. The van der Waals surface area contributed by atoms with Gasteiger partial charge in [-0.3, -0.25) is 9.80 Å². The molecule has 3 nitrogen and oxygen atoms in total. The van der Waals surface area contributed by atoms with Crippen LogP contribution in [0.2, 0.25) is 5.02 Å². The van der Waals surface area contributed by atoms with E-state index in [0.717, 1.165) is 41.7 Å². The number of halogens is 2. The van der Waals surface area contributed by atoms with Crippen molar-refractivity contribution in [3.63, 3.8) is 0 Å². The molecular weight excluding hydrogens is 338 g/mol. The van der Waals surface area contributed by atoms with E-state index >= 15 is 0 Å². The van der Waals surface area contributed by atoms with Gasteiger partial charge in [-0.2, -0.15) is 0 Å². The summed E-state index contributed by atoms with van der Waals surface area (Å²) in [7, 11) is 0. The monoisotopic (exact) mass is 357 g/mol. The molecule has 1 aromatic carbocycles. The highest BCUT2D eigenvalue weighted by Gasteiger charge is 2.35. The van der Waals surface area contributed by atoms with Crippen molar-refractivity contribution in [2.75, 3.05) is 39.3 Å². The second-order valence-corrected chi connectivity index (χ2v) is 7.06. The lowest BCUT2D eigenvalue weighted by Crippen LogP contribution is -2.62. The molecule has 2 aliphatic rings. The van der Waals surface area contributed by atoms with Gasteiger partial charge in [-0.1, -0.05) is 33.6 Å². The summed E-state index contributed by atoms with van der Waals surface area (Å²) in [6.45, 7) is 9.21. The Morgan fingerprint density at radius 1 is 1.30 bits per heavy atom. The first-order chi connectivity index (χ1) is 9.65. The molecule has 5 heteroatoms. The molecule has 2 heterocycles. The average Bonchev–Trinajstić information content (AvgIpc) is 2.38. The molecule has 2 fully saturated rings. The Morgan fingerprint density at radius 2 is 2.00 bits per heavy atom. The zero-order valence-corrected chi connectivity index (χ0v) is 14.1. The molecule has 2 saturated heterocycles. The van der Waals surface area contributed by atoms with E-state index in [2.05, 4.69) is 50.1 Å². The largest absolute Gasteiger partial charge is 0.314 e. The molecule has 0 spiro atoms. The Morgan fingerprint density at radius 3 is 2.65 bits per heavy atom. The summed E-state index contributed by atoms with van der Waals surface area (Å²) in [5.41, 5.74) is 1.23. The highest BCUT2D eigenvalue weighted by atomic mass is 79.9. The van der Waals surface area contributed by atoms with Crippen molar-refractivity contribution in [1.82, 2.24) is 15.1 Å². The summed E-state index contributed by atoms with van der Waals surface area (Å²) in [4.78, 5) is 5.13. The molecule has 0 saturated carbocycles. The predicted molar refractivity (Wildman–Crippen MR) is 87.4 cm³/mol. The van der Waals surface area contributed by atoms with Crippen LogP contribution in [-0.2, 0) is 0 Å². The molecule has 0 amide bonds. The van der Waals surface area contributed by atoms with Gasteiger partial charge in [0.25, 0.3) is 0 Å². The number of nitrogens with one attached hydrogen (secondary N) is 1. The van der Waals surface area contributed by atoms with Crippen LogP contribution in [0.1, 0.15) is 18.5 Å². The van der Waals surface area contributed by atoms with Gasteiger partial charge >= 0.3 is 0 Å². The molecule has 1 unspecified atom stereocenters. The first-order valence-corrected chi connectivity index (χ1v) is 8.46. The van der Waals surface area contributed by atoms with E-state index in [9.17, 15) is 0 Å². The van der Waals surface area contributed by atoms with E-state index in [4.69, 9.17) is 11.6 Å². The minimum atomic E-state index is 0.398. The molecule has 110 valence electrons. The van der Waals surface area contributed by atoms with Gasteiger partial charge in [-0.05, 0) is 24.6 Å². The van der Waals surface area contributed by atoms with Crippen LogP contribution in [0.25, 0.3) is 0 Å². The number of likely N-dealkylation sites (tertiary alicyclic amines) is 1. The highest BCUT2D eigenvalue weighted by Crippen LogP contribution is 2.33. The fraction of sp³-hybridized carbons (Fsp3) is 0.600. The minimum absolute atomic E-state index is 0.398. The van der Waals surface area contributed by atoms with Crippen molar-refractivity contribution in [2.24, 2.45) is 0 Å². The van der Waals surface area contributed by atoms with E-state index in [1.807, 2.05) is 6.07 Å². The molecule has 0 aromatic heterocycles. The molecule has 0 aliphatic carbocycles. The van der Waals surface area contributed by atoms with Crippen LogP contribution in [0.4, 0.5) is 0 Å². The topological polar surface area (TPSA) is 18.5 Å². The quantitative estimate of drug-likeness (QED) is 0.896. The van der Waals surface area contributed by atoms with Gasteiger partial charge in [0.1, 0.15) is 0 Å². The molecule has 1 atom stereocenters. The average molecular weight is 359 g/mol. The highest BCUT2D eigenvalue weighted by molar-refractivity contribution is 9.10. The summed E-state index contributed by atoms with van der Waals surface area (Å²) in [5.74, 6) is 0. The van der Waals surface area contributed by atoms with Gasteiger partial charge in [-0.15, -0.1) is 0 Å². The Kier molecular flexibility index (Phi) is 4.68. The maximum atomic E-state index is 6.36. The number of benzene rings is 1. The lowest BCUT2D eigenvalue weighted by Gasteiger charge is -2.49. The van der Waals surface area contributed by atoms with Gasteiger partial charge in [-0.25, -0.2) is 0 Å². The zero-order chi connectivity index (χ0) is 14.1. The van der Waals surface area contributed by atoms with E-state index in [0.29, 0.717) is 6.04 Å². The second-order valence-electron chi connectivity index (χ2n) is 5.74. The number of rotatable bonds is 3. The van der Waals surface area contributed by atoms with Gasteiger partial charge < -0.3 is 5.32 Å². The molecule has 1 N–H and O–H groups in total. The fourth-order valence-corrected chi connectivity index (χ4v) is 3.95. The Hall–Kier alpha value is -0.130. The van der Waals surface area contributed by atoms with Crippen LogP contribution in [0.5, 0.6) is 0 Å². The van der Waals surface area contributed by atoms with Gasteiger partial charge in [0.05, 0.1) is 0 Å². The third-order valence-corrected chi connectivity index (χ3v) is 5.34. The molecular formula is C15H21BrClN3. The van der Waals surface area contributed by atoms with Crippen LogP contribution >= 0.6 is 27.5 Å². The standard InChI is InChI=1S/C15H21BrClN3/c1-11(14-3-2-12(16)8-15(14)17)20-9-13(10-20)19-6-4-18-5-7-19/h2-3,8,11,13,18H,4-7,9-10H2,1H3. The van der Waals surface area contributed by atoms with Gasteiger partial charge in [0.15, 0.2) is 0 Å². The number of hydrogen-bond acceptors (Lipinski definition) is 3. The lowest BCUT2D eigenvalue weighted by molar-refractivity contribution is 0.00350. The molecule has 3 rings (SSSR count). The van der Waals surface area contributed by atoms with E-state index in [-0.39, 0.29) is 0 Å². The summed E-state index contributed by atoms with van der Waals surface area (Å²) in [6, 6.07) is 7.32. The first kappa shape index (κ1) is 14.8. The Labute approximate surface area is 134 Å². The third kappa shape index (κ3) is 3.04. The van der Waals surface area contributed by atoms with Crippen LogP contribution in [0, 0.1) is 0 Å². The fourth-order valence-electron chi connectivity index (χ4n) is 3.12. The van der Waals surface area contributed by atoms with Crippen LogP contribution < -0.4 is 5.32 Å². The zero-order valence-electron chi connectivity index (χ0n) is 11.8. The molecule has 1 aromatic rings. The van der Waals surface area contributed by atoms with Crippen molar-refractivity contribution >= 4 is 27.5 Å². The van der Waals surface area contributed by atoms with E-state index in [1.54, 1.807) is 0 Å². The van der Waals surface area contributed by atoms with Gasteiger partial charge in [0, 0.05) is 60.8 Å². The predicted octanol–water partition coefficient (Wildman–Crippen LogP) is 2.75. The van der Waals surface area contributed by atoms with Crippen molar-refractivity contribution in [3.8, 4) is 0 Å². The van der Waals surface area contributed by atoms with Crippen molar-refractivity contribution in [2.45, 2.75) is 19.0 Å². The summed E-state index contributed by atoms with van der Waals surface area (Å²) in [6.07, 6.45) is 0. The molecule has 0 radical (unpaired) electrons. The van der Waals surface area contributed by atoms with Crippen LogP contribution in [0.3, 0.4) is 0 Å². The molecule has 0 bridgehead atoms.